The summed E-state index contributed by atoms with van der Waals surface area (Å²) in [5.41, 5.74) is 3.84. The van der Waals surface area contributed by atoms with Crippen LogP contribution in [-0.2, 0) is 13.5 Å². The maximum Gasteiger partial charge on any atom is 0.0602 e. The molecule has 1 aromatic heterocycles. The number of aromatic nitrogens is 2. The molecule has 1 aliphatic heterocycles. The van der Waals surface area contributed by atoms with Crippen LogP contribution in [0.25, 0.3) is 0 Å². The Hall–Kier alpha value is -1.97. The largest absolute Gasteiger partial charge is 0.382 e. The van der Waals surface area contributed by atoms with E-state index in [-0.39, 0.29) is 0 Å². The third kappa shape index (κ3) is 2.06. The van der Waals surface area contributed by atoms with E-state index in [1.54, 1.807) is 0 Å². The van der Waals surface area contributed by atoms with E-state index < -0.39 is 0 Å². The lowest BCUT2D eigenvalue weighted by atomic mass is 10.2. The zero-order valence-electron chi connectivity index (χ0n) is 10.6. The smallest absolute Gasteiger partial charge is 0.0602 e. The number of benzene rings is 1. The van der Waals surface area contributed by atoms with Gasteiger partial charge in [-0.2, -0.15) is 5.10 Å². The molecule has 3 rings (SSSR count). The van der Waals surface area contributed by atoms with Crippen LogP contribution in [0.1, 0.15) is 5.69 Å². The van der Waals surface area contributed by atoms with Gasteiger partial charge in [0.2, 0.25) is 0 Å². The van der Waals surface area contributed by atoms with E-state index in [9.17, 15) is 0 Å². The summed E-state index contributed by atoms with van der Waals surface area (Å²) in [7, 11) is 2.00. The summed E-state index contributed by atoms with van der Waals surface area (Å²) in [6.07, 6.45) is 2.89. The van der Waals surface area contributed by atoms with Gasteiger partial charge < -0.3 is 10.2 Å². The minimum Gasteiger partial charge on any atom is -0.382 e. The molecule has 0 fully saturated rings. The molecule has 0 saturated carbocycles. The van der Waals surface area contributed by atoms with Crippen LogP contribution >= 0.6 is 0 Å². The van der Waals surface area contributed by atoms with E-state index in [0.29, 0.717) is 0 Å². The first-order valence-electron chi connectivity index (χ1n) is 6.39. The molecule has 0 radical (unpaired) electrons. The maximum atomic E-state index is 4.21. The number of aryl methyl sites for hydroxylation is 1. The summed E-state index contributed by atoms with van der Waals surface area (Å²) in [5, 5.41) is 7.65. The highest BCUT2D eigenvalue weighted by Crippen LogP contribution is 2.28. The Balaban J connectivity index is 1.73. The van der Waals surface area contributed by atoms with E-state index >= 15 is 0 Å². The van der Waals surface area contributed by atoms with Gasteiger partial charge in [0.15, 0.2) is 0 Å². The first-order chi connectivity index (χ1) is 8.84. The summed E-state index contributed by atoms with van der Waals surface area (Å²) >= 11 is 0. The fourth-order valence-electron chi connectivity index (χ4n) is 2.47. The molecule has 2 heterocycles. The number of hydrogen-bond acceptors (Lipinski definition) is 3. The van der Waals surface area contributed by atoms with E-state index in [1.807, 2.05) is 17.9 Å². The van der Waals surface area contributed by atoms with Crippen molar-refractivity contribution in [2.45, 2.75) is 6.42 Å². The van der Waals surface area contributed by atoms with Crippen molar-refractivity contribution in [2.75, 3.05) is 29.9 Å². The molecular formula is C14H18N4. The van der Waals surface area contributed by atoms with Crippen LogP contribution in [0.2, 0.25) is 0 Å². The molecule has 4 nitrogen and oxygen atoms in total. The molecule has 0 saturated heterocycles. The van der Waals surface area contributed by atoms with Crippen LogP contribution in [0.15, 0.2) is 36.5 Å². The normalized spacial score (nSPS) is 14.2. The first-order valence-corrected chi connectivity index (χ1v) is 6.39. The van der Waals surface area contributed by atoms with E-state index in [2.05, 4.69) is 45.6 Å². The number of para-hydroxylation sites is 2. The summed E-state index contributed by atoms with van der Waals surface area (Å²) in [6.45, 7) is 3.12. The van der Waals surface area contributed by atoms with Gasteiger partial charge in [-0.15, -0.1) is 0 Å². The fraction of sp³-hybridized carbons (Fsp3) is 0.357. The van der Waals surface area contributed by atoms with E-state index in [1.165, 1.54) is 17.1 Å². The molecule has 0 spiro atoms. The number of anilines is 2. The molecule has 18 heavy (non-hydrogen) atoms. The minimum atomic E-state index is 1.02. The van der Waals surface area contributed by atoms with Crippen molar-refractivity contribution in [1.82, 2.24) is 9.78 Å². The van der Waals surface area contributed by atoms with Crippen molar-refractivity contribution in [1.29, 1.82) is 0 Å². The second kappa shape index (κ2) is 4.72. The highest BCUT2D eigenvalue weighted by atomic mass is 15.3. The van der Waals surface area contributed by atoms with Crippen LogP contribution in [0.4, 0.5) is 11.4 Å². The van der Waals surface area contributed by atoms with Crippen molar-refractivity contribution in [3.05, 3.63) is 42.2 Å². The molecule has 0 bridgehead atoms. The molecule has 0 unspecified atom stereocenters. The quantitative estimate of drug-likeness (QED) is 0.892. The van der Waals surface area contributed by atoms with Crippen molar-refractivity contribution in [3.63, 3.8) is 0 Å². The van der Waals surface area contributed by atoms with Crippen molar-refractivity contribution in [3.8, 4) is 0 Å². The number of nitrogens with one attached hydrogen (secondary N) is 1. The monoisotopic (exact) mass is 242 g/mol. The molecule has 0 amide bonds. The van der Waals surface area contributed by atoms with Crippen LogP contribution in [-0.4, -0.2) is 29.4 Å². The average Bonchev–Trinajstić information content (AvgIpc) is 2.82. The predicted octanol–water partition coefficient (Wildman–Crippen LogP) is 1.89. The Morgan fingerprint density at radius 1 is 1.28 bits per heavy atom. The number of rotatable bonds is 3. The van der Waals surface area contributed by atoms with Gasteiger partial charge in [0.05, 0.1) is 11.4 Å². The fourth-order valence-corrected chi connectivity index (χ4v) is 2.47. The van der Waals surface area contributed by atoms with E-state index in [0.717, 1.165) is 26.1 Å². The molecule has 0 aliphatic carbocycles. The maximum absolute atomic E-state index is 4.21. The molecule has 0 atom stereocenters. The predicted molar refractivity (Wildman–Crippen MR) is 74.1 cm³/mol. The third-order valence-electron chi connectivity index (χ3n) is 3.50. The van der Waals surface area contributed by atoms with Gasteiger partial charge in [0.25, 0.3) is 0 Å². The Morgan fingerprint density at radius 3 is 3.00 bits per heavy atom. The average molecular weight is 242 g/mol. The lowest BCUT2D eigenvalue weighted by Crippen LogP contribution is -2.35. The number of fused-ring (bicyclic) bond motifs is 1. The summed E-state index contributed by atoms with van der Waals surface area (Å²) in [4.78, 5) is 2.44. The highest BCUT2D eigenvalue weighted by molar-refractivity contribution is 5.71. The van der Waals surface area contributed by atoms with Gasteiger partial charge in [0, 0.05) is 45.0 Å². The molecule has 94 valence electrons. The second-order valence-corrected chi connectivity index (χ2v) is 4.63. The molecule has 4 heteroatoms. The van der Waals surface area contributed by atoms with E-state index in [4.69, 9.17) is 0 Å². The molecule has 1 N–H and O–H groups in total. The Labute approximate surface area is 107 Å². The number of hydrogen-bond donors (Lipinski definition) is 1. The van der Waals surface area contributed by atoms with Crippen molar-refractivity contribution >= 4 is 11.4 Å². The molecule has 1 aromatic carbocycles. The van der Waals surface area contributed by atoms with Crippen LogP contribution in [0.3, 0.4) is 0 Å². The van der Waals surface area contributed by atoms with Gasteiger partial charge in [-0.25, -0.2) is 0 Å². The molecule has 1 aliphatic rings. The van der Waals surface area contributed by atoms with Crippen molar-refractivity contribution in [2.24, 2.45) is 7.05 Å². The Kier molecular flexibility index (Phi) is 2.92. The van der Waals surface area contributed by atoms with Gasteiger partial charge in [-0.3, -0.25) is 4.68 Å². The number of nitrogens with zero attached hydrogens (tertiary/aromatic N) is 3. The van der Waals surface area contributed by atoms with Crippen LogP contribution in [0.5, 0.6) is 0 Å². The van der Waals surface area contributed by atoms with Crippen molar-refractivity contribution < 1.29 is 0 Å². The second-order valence-electron chi connectivity index (χ2n) is 4.63. The SMILES string of the molecule is Cn1nccc1CCN1CCNc2ccccc21. The molecular weight excluding hydrogens is 224 g/mol. The highest BCUT2D eigenvalue weighted by Gasteiger charge is 2.15. The topological polar surface area (TPSA) is 33.1 Å². The lowest BCUT2D eigenvalue weighted by Gasteiger charge is -2.32. The third-order valence-corrected chi connectivity index (χ3v) is 3.50. The lowest BCUT2D eigenvalue weighted by molar-refractivity contribution is 0.685. The zero-order chi connectivity index (χ0) is 12.4. The Bertz CT molecular complexity index is 532. The summed E-state index contributed by atoms with van der Waals surface area (Å²) in [5.74, 6) is 0. The van der Waals surface area contributed by atoms with Gasteiger partial charge in [-0.05, 0) is 18.2 Å². The zero-order valence-corrected chi connectivity index (χ0v) is 10.6. The standard InChI is InChI=1S/C14H18N4/c1-17-12(6-8-16-17)7-10-18-11-9-15-13-4-2-3-5-14(13)18/h2-6,8,15H,7,9-11H2,1H3. The summed E-state index contributed by atoms with van der Waals surface area (Å²) < 4.78 is 1.95. The minimum absolute atomic E-state index is 1.02. The summed E-state index contributed by atoms with van der Waals surface area (Å²) in [6, 6.07) is 10.6. The first kappa shape index (κ1) is 11.1. The van der Waals surface area contributed by atoms with Gasteiger partial charge in [0.1, 0.15) is 0 Å². The van der Waals surface area contributed by atoms with Crippen LogP contribution < -0.4 is 10.2 Å². The Morgan fingerprint density at radius 2 is 2.17 bits per heavy atom. The van der Waals surface area contributed by atoms with Gasteiger partial charge in [-0.1, -0.05) is 12.1 Å². The van der Waals surface area contributed by atoms with Crippen LogP contribution in [0, 0.1) is 0 Å². The molecule has 2 aromatic rings. The van der Waals surface area contributed by atoms with Gasteiger partial charge >= 0.3 is 0 Å².